The van der Waals surface area contributed by atoms with Crippen LogP contribution in [-0.4, -0.2) is 48.7 Å². The Morgan fingerprint density at radius 2 is 1.44 bits per heavy atom. The molecule has 2 amide bonds. The Morgan fingerprint density at radius 1 is 0.889 bits per heavy atom. The van der Waals surface area contributed by atoms with Crippen molar-refractivity contribution in [2.24, 2.45) is 10.2 Å². The third kappa shape index (κ3) is 6.26. The van der Waals surface area contributed by atoms with E-state index in [4.69, 9.17) is 9.47 Å². The zero-order valence-electron chi connectivity index (χ0n) is 19.6. The second-order valence-corrected chi connectivity index (χ2v) is 7.19. The summed E-state index contributed by atoms with van der Waals surface area (Å²) in [6, 6.07) is 15.2. The first-order chi connectivity index (χ1) is 17.4. The Hall–Kier alpha value is -5.12. The highest BCUT2D eigenvalue weighted by atomic mass is 16.5. The van der Waals surface area contributed by atoms with Crippen LogP contribution in [0.5, 0.6) is 23.0 Å². The van der Waals surface area contributed by atoms with E-state index >= 15 is 0 Å². The van der Waals surface area contributed by atoms with Gasteiger partial charge in [-0.3, -0.25) is 9.59 Å². The van der Waals surface area contributed by atoms with Gasteiger partial charge in [0.05, 0.1) is 32.3 Å². The fraction of sp³-hybridized carbons (Fsp3) is 0.0769. The van der Waals surface area contributed by atoms with Crippen LogP contribution in [0.1, 0.15) is 21.5 Å². The van der Waals surface area contributed by atoms with E-state index in [0.717, 1.165) is 11.1 Å². The number of rotatable bonds is 9. The van der Waals surface area contributed by atoms with Gasteiger partial charge in [-0.1, -0.05) is 6.58 Å². The standard InChI is InChI=1S/C26H24N4O6/c1-4-25(33)30(28-16-19-14-22(36-3)10-12-24(19)32)20-7-5-17(6-8-20)26(34)29-27-15-18-13-21(35-2)9-11-23(18)31/h4-16,31-32H,1H2,2-3H3,(H,29,34). The largest absolute Gasteiger partial charge is 0.507 e. The molecule has 0 radical (unpaired) electrons. The van der Waals surface area contributed by atoms with Crippen molar-refractivity contribution in [1.82, 2.24) is 5.43 Å². The van der Waals surface area contributed by atoms with Crippen molar-refractivity contribution in [2.45, 2.75) is 0 Å². The lowest BCUT2D eigenvalue weighted by Crippen LogP contribution is -2.23. The maximum Gasteiger partial charge on any atom is 0.271 e. The number of amides is 2. The van der Waals surface area contributed by atoms with E-state index in [1.807, 2.05) is 0 Å². The number of nitrogens with zero attached hydrogens (tertiary/aromatic N) is 3. The molecule has 10 heteroatoms. The van der Waals surface area contributed by atoms with E-state index in [0.29, 0.717) is 28.3 Å². The molecule has 184 valence electrons. The van der Waals surface area contributed by atoms with Crippen molar-refractivity contribution in [1.29, 1.82) is 0 Å². The fourth-order valence-electron chi connectivity index (χ4n) is 2.96. The molecule has 10 nitrogen and oxygen atoms in total. The molecular weight excluding hydrogens is 464 g/mol. The monoisotopic (exact) mass is 488 g/mol. The zero-order valence-corrected chi connectivity index (χ0v) is 19.6. The second kappa shape index (κ2) is 11.8. The summed E-state index contributed by atoms with van der Waals surface area (Å²) in [6.07, 6.45) is 3.69. The van der Waals surface area contributed by atoms with Crippen LogP contribution in [0.2, 0.25) is 0 Å². The molecule has 0 saturated heterocycles. The summed E-state index contributed by atoms with van der Waals surface area (Å²) in [7, 11) is 2.99. The number of methoxy groups -OCH3 is 2. The number of carbonyl (C=O) groups excluding carboxylic acids is 2. The van der Waals surface area contributed by atoms with Crippen LogP contribution in [0, 0.1) is 0 Å². The molecule has 3 aromatic rings. The predicted molar refractivity (Wildman–Crippen MR) is 136 cm³/mol. The summed E-state index contributed by atoms with van der Waals surface area (Å²) in [5.41, 5.74) is 3.71. The maximum atomic E-state index is 12.4. The van der Waals surface area contributed by atoms with Crippen LogP contribution in [0.15, 0.2) is 83.5 Å². The van der Waals surface area contributed by atoms with Crippen LogP contribution in [0.25, 0.3) is 0 Å². The van der Waals surface area contributed by atoms with Gasteiger partial charge >= 0.3 is 0 Å². The van der Waals surface area contributed by atoms with E-state index in [9.17, 15) is 19.8 Å². The number of nitrogens with one attached hydrogen (secondary N) is 1. The SMILES string of the molecule is C=CC(=O)N(N=Cc1cc(OC)ccc1O)c1ccc(C(=O)NN=Cc2cc(OC)ccc2O)cc1. The third-order valence-electron chi connectivity index (χ3n) is 4.91. The van der Waals surface area contributed by atoms with E-state index in [1.54, 1.807) is 24.3 Å². The van der Waals surface area contributed by atoms with Gasteiger partial charge in [0.2, 0.25) is 0 Å². The molecule has 0 unspecified atom stereocenters. The summed E-state index contributed by atoms with van der Waals surface area (Å²) in [6.45, 7) is 3.49. The molecule has 3 N–H and O–H groups in total. The van der Waals surface area contributed by atoms with Gasteiger partial charge in [-0.15, -0.1) is 0 Å². The van der Waals surface area contributed by atoms with Gasteiger partial charge in [-0.25, -0.2) is 5.43 Å². The topological polar surface area (TPSA) is 133 Å². The Balaban J connectivity index is 1.75. The number of benzene rings is 3. The molecule has 0 heterocycles. The second-order valence-electron chi connectivity index (χ2n) is 7.19. The summed E-state index contributed by atoms with van der Waals surface area (Å²) in [4.78, 5) is 24.8. The number of hydrazone groups is 2. The van der Waals surface area contributed by atoms with Gasteiger partial charge in [0.1, 0.15) is 23.0 Å². The first-order valence-corrected chi connectivity index (χ1v) is 10.5. The average molecular weight is 489 g/mol. The quantitative estimate of drug-likeness (QED) is 0.240. The minimum absolute atomic E-state index is 0.0204. The van der Waals surface area contributed by atoms with Crippen molar-refractivity contribution in [3.8, 4) is 23.0 Å². The normalized spacial score (nSPS) is 10.8. The van der Waals surface area contributed by atoms with E-state index in [-0.39, 0.29) is 17.1 Å². The van der Waals surface area contributed by atoms with Crippen molar-refractivity contribution in [2.75, 3.05) is 19.2 Å². The highest BCUT2D eigenvalue weighted by Crippen LogP contribution is 2.23. The molecule has 3 aromatic carbocycles. The third-order valence-corrected chi connectivity index (χ3v) is 4.91. The van der Waals surface area contributed by atoms with Crippen LogP contribution in [0.4, 0.5) is 5.69 Å². The van der Waals surface area contributed by atoms with Crippen LogP contribution in [-0.2, 0) is 4.79 Å². The minimum atomic E-state index is -0.520. The Morgan fingerprint density at radius 3 is 1.97 bits per heavy atom. The number of hydrogen-bond acceptors (Lipinski definition) is 8. The van der Waals surface area contributed by atoms with Crippen LogP contribution >= 0.6 is 0 Å². The number of phenols is 2. The zero-order chi connectivity index (χ0) is 26.1. The minimum Gasteiger partial charge on any atom is -0.507 e. The maximum absolute atomic E-state index is 12.4. The van der Waals surface area contributed by atoms with Gasteiger partial charge in [-0.2, -0.15) is 15.2 Å². The van der Waals surface area contributed by atoms with Gasteiger partial charge in [0, 0.05) is 16.7 Å². The number of phenolic OH excluding ortho intramolecular Hbond substituents is 2. The summed E-state index contributed by atoms with van der Waals surface area (Å²) in [5.74, 6) is -0.0528. The van der Waals surface area contributed by atoms with Crippen LogP contribution < -0.4 is 19.9 Å². The lowest BCUT2D eigenvalue weighted by atomic mass is 10.2. The van der Waals surface area contributed by atoms with Gasteiger partial charge in [0.15, 0.2) is 0 Å². The molecule has 0 atom stereocenters. The highest BCUT2D eigenvalue weighted by Gasteiger charge is 2.13. The fourth-order valence-corrected chi connectivity index (χ4v) is 2.96. The number of carbonyl (C=O) groups is 2. The van der Waals surface area contributed by atoms with Gasteiger partial charge in [-0.05, 0) is 66.7 Å². The van der Waals surface area contributed by atoms with Gasteiger partial charge in [0.25, 0.3) is 11.8 Å². The molecule has 0 spiro atoms. The Labute approximate surface area is 207 Å². The van der Waals surface area contributed by atoms with E-state index in [2.05, 4.69) is 22.2 Å². The smallest absolute Gasteiger partial charge is 0.271 e. The Bertz CT molecular complexity index is 1320. The molecule has 0 aliphatic heterocycles. The number of hydrogen-bond donors (Lipinski definition) is 3. The van der Waals surface area contributed by atoms with Gasteiger partial charge < -0.3 is 19.7 Å². The van der Waals surface area contributed by atoms with Crippen molar-refractivity contribution in [3.05, 3.63) is 90.0 Å². The van der Waals surface area contributed by atoms with E-state index in [1.165, 1.54) is 63.0 Å². The highest BCUT2D eigenvalue weighted by molar-refractivity contribution is 6.02. The molecule has 0 aromatic heterocycles. The molecular formula is C26H24N4O6. The molecule has 3 rings (SSSR count). The summed E-state index contributed by atoms with van der Waals surface area (Å²) < 4.78 is 10.2. The van der Waals surface area contributed by atoms with Crippen molar-refractivity contribution >= 4 is 29.9 Å². The predicted octanol–water partition coefficient (Wildman–Crippen LogP) is 3.43. The lowest BCUT2D eigenvalue weighted by molar-refractivity contribution is -0.114. The molecule has 0 bridgehead atoms. The number of ether oxygens (including phenoxy) is 2. The molecule has 0 fully saturated rings. The summed E-state index contributed by atoms with van der Waals surface area (Å²) >= 11 is 0. The van der Waals surface area contributed by atoms with Crippen molar-refractivity contribution in [3.63, 3.8) is 0 Å². The number of aromatic hydroxyl groups is 2. The Kier molecular flexibility index (Phi) is 8.39. The van der Waals surface area contributed by atoms with Crippen LogP contribution in [0.3, 0.4) is 0 Å². The molecule has 0 saturated carbocycles. The first-order valence-electron chi connectivity index (χ1n) is 10.5. The number of anilines is 1. The average Bonchev–Trinajstić information content (AvgIpc) is 2.90. The van der Waals surface area contributed by atoms with Crippen molar-refractivity contribution < 1.29 is 29.3 Å². The lowest BCUT2D eigenvalue weighted by Gasteiger charge is -2.15. The molecule has 0 aliphatic carbocycles. The summed E-state index contributed by atoms with van der Waals surface area (Å²) in [5, 5.41) is 29.0. The van der Waals surface area contributed by atoms with E-state index < -0.39 is 11.8 Å². The first kappa shape index (κ1) is 25.5. The molecule has 0 aliphatic rings. The molecule has 36 heavy (non-hydrogen) atoms.